The Morgan fingerprint density at radius 1 is 1.33 bits per heavy atom. The number of nitriles is 1. The number of ether oxygens (including phenoxy) is 2. The molecule has 2 atom stereocenters. The highest BCUT2D eigenvalue weighted by molar-refractivity contribution is 5.86. The number of hydrogen-bond acceptors (Lipinski definition) is 6. The summed E-state index contributed by atoms with van der Waals surface area (Å²) in [6.07, 6.45) is 0.132. The summed E-state index contributed by atoms with van der Waals surface area (Å²) in [6.45, 7) is -0.00851. The molecule has 0 aliphatic carbocycles. The number of nitrogens with zero attached hydrogens (tertiary/aromatic N) is 2. The van der Waals surface area contributed by atoms with E-state index in [2.05, 4.69) is 0 Å². The number of amides is 1. The van der Waals surface area contributed by atoms with Crippen molar-refractivity contribution in [1.82, 2.24) is 4.90 Å². The third-order valence-electron chi connectivity index (χ3n) is 3.65. The van der Waals surface area contributed by atoms with Crippen LogP contribution in [-0.4, -0.2) is 53.8 Å². The predicted octanol–water partition coefficient (Wildman–Crippen LogP) is 0.874. The first-order chi connectivity index (χ1) is 11.6. The standard InChI is InChI=1S/C17H20N2O5/c18-8-4-5-9-23-17(22)15-10-13(20)11-19(15)16(21)12-24-14-6-2-1-3-7-14/h1-3,6-7,13,15,20H,4-5,9-12H2. The molecule has 0 saturated carbocycles. The van der Waals surface area contributed by atoms with Gasteiger partial charge in [0.05, 0.1) is 18.8 Å². The SMILES string of the molecule is N#CCCCOC(=O)C1CC(O)CN1C(=O)COc1ccccc1. The van der Waals surface area contributed by atoms with Crippen molar-refractivity contribution >= 4 is 11.9 Å². The quantitative estimate of drug-likeness (QED) is 0.587. The largest absolute Gasteiger partial charge is 0.484 e. The fourth-order valence-electron chi connectivity index (χ4n) is 2.48. The van der Waals surface area contributed by atoms with E-state index in [9.17, 15) is 14.7 Å². The molecule has 1 aliphatic heterocycles. The van der Waals surface area contributed by atoms with Gasteiger partial charge in [0.15, 0.2) is 6.61 Å². The van der Waals surface area contributed by atoms with Crippen molar-refractivity contribution in [2.24, 2.45) is 0 Å². The van der Waals surface area contributed by atoms with Gasteiger partial charge in [-0.3, -0.25) is 4.79 Å². The topological polar surface area (TPSA) is 99.9 Å². The van der Waals surface area contributed by atoms with Crippen LogP contribution in [0.1, 0.15) is 19.3 Å². The molecule has 0 radical (unpaired) electrons. The summed E-state index contributed by atoms with van der Waals surface area (Å²) in [5, 5.41) is 18.2. The van der Waals surface area contributed by atoms with E-state index in [-0.39, 0.29) is 32.1 Å². The summed E-state index contributed by atoms with van der Waals surface area (Å²) < 4.78 is 10.5. The van der Waals surface area contributed by atoms with Crippen molar-refractivity contribution < 1.29 is 24.2 Å². The predicted molar refractivity (Wildman–Crippen MR) is 83.9 cm³/mol. The lowest BCUT2D eigenvalue weighted by Crippen LogP contribution is -2.43. The van der Waals surface area contributed by atoms with Gasteiger partial charge in [-0.25, -0.2) is 4.79 Å². The van der Waals surface area contributed by atoms with E-state index in [4.69, 9.17) is 14.7 Å². The Morgan fingerprint density at radius 2 is 2.08 bits per heavy atom. The van der Waals surface area contributed by atoms with Gasteiger partial charge in [-0.2, -0.15) is 5.26 Å². The van der Waals surface area contributed by atoms with Crippen molar-refractivity contribution in [1.29, 1.82) is 5.26 Å². The lowest BCUT2D eigenvalue weighted by molar-refractivity contribution is -0.154. The Labute approximate surface area is 140 Å². The minimum atomic E-state index is -0.811. The molecule has 0 spiro atoms. The molecule has 128 valence electrons. The zero-order valence-corrected chi connectivity index (χ0v) is 13.3. The third-order valence-corrected chi connectivity index (χ3v) is 3.65. The number of rotatable bonds is 7. The van der Waals surface area contributed by atoms with E-state index < -0.39 is 18.1 Å². The average molecular weight is 332 g/mol. The van der Waals surface area contributed by atoms with E-state index in [1.165, 1.54) is 4.90 Å². The van der Waals surface area contributed by atoms with Crippen molar-refractivity contribution in [2.45, 2.75) is 31.4 Å². The second-order valence-corrected chi connectivity index (χ2v) is 5.48. The van der Waals surface area contributed by atoms with Crippen LogP contribution in [0.5, 0.6) is 5.75 Å². The normalized spacial score (nSPS) is 19.6. The van der Waals surface area contributed by atoms with Gasteiger partial charge in [-0.05, 0) is 18.6 Å². The molecule has 7 nitrogen and oxygen atoms in total. The minimum Gasteiger partial charge on any atom is -0.484 e. The highest BCUT2D eigenvalue weighted by Crippen LogP contribution is 2.20. The van der Waals surface area contributed by atoms with Crippen LogP contribution in [0.2, 0.25) is 0 Å². The van der Waals surface area contributed by atoms with Crippen LogP contribution < -0.4 is 4.74 Å². The molecule has 1 saturated heterocycles. The first-order valence-electron chi connectivity index (χ1n) is 7.80. The molecule has 2 rings (SSSR count). The number of carbonyl (C=O) groups excluding carboxylic acids is 2. The summed E-state index contributed by atoms with van der Waals surface area (Å²) in [5.41, 5.74) is 0. The number of para-hydroxylation sites is 1. The molecule has 1 aliphatic rings. The Balaban J connectivity index is 1.87. The van der Waals surface area contributed by atoms with Crippen LogP contribution in [0.15, 0.2) is 30.3 Å². The van der Waals surface area contributed by atoms with Gasteiger partial charge in [0, 0.05) is 19.4 Å². The van der Waals surface area contributed by atoms with Crippen LogP contribution in [0.25, 0.3) is 0 Å². The van der Waals surface area contributed by atoms with Crippen molar-refractivity contribution in [3.8, 4) is 11.8 Å². The molecule has 0 aromatic heterocycles. The van der Waals surface area contributed by atoms with Crippen LogP contribution >= 0.6 is 0 Å². The minimum absolute atomic E-state index is 0.0783. The molecule has 1 N–H and O–H groups in total. The number of β-amino-alcohol motifs (C(OH)–C–C–N with tert-alkyl or cyclic N) is 1. The number of unbranched alkanes of at least 4 members (excludes halogenated alkanes) is 1. The molecule has 1 fully saturated rings. The lowest BCUT2D eigenvalue weighted by Gasteiger charge is -2.23. The molecule has 1 aromatic carbocycles. The maximum absolute atomic E-state index is 12.3. The van der Waals surface area contributed by atoms with Gasteiger partial charge in [0.1, 0.15) is 11.8 Å². The number of esters is 1. The van der Waals surface area contributed by atoms with Gasteiger partial charge >= 0.3 is 5.97 Å². The van der Waals surface area contributed by atoms with Crippen molar-refractivity contribution in [3.63, 3.8) is 0 Å². The summed E-state index contributed by atoms with van der Waals surface area (Å²) in [5.74, 6) is -0.381. The highest BCUT2D eigenvalue weighted by Gasteiger charge is 2.39. The Morgan fingerprint density at radius 3 is 2.79 bits per heavy atom. The van der Waals surface area contributed by atoms with Crippen LogP contribution in [0.4, 0.5) is 0 Å². The molecule has 1 heterocycles. The van der Waals surface area contributed by atoms with Gasteiger partial charge < -0.3 is 19.5 Å². The fraction of sp³-hybridized carbons (Fsp3) is 0.471. The lowest BCUT2D eigenvalue weighted by atomic mass is 10.2. The number of carbonyl (C=O) groups is 2. The second kappa shape index (κ2) is 8.89. The zero-order chi connectivity index (χ0) is 17.4. The zero-order valence-electron chi connectivity index (χ0n) is 13.3. The summed E-state index contributed by atoms with van der Waals surface area (Å²) in [4.78, 5) is 25.7. The number of benzene rings is 1. The average Bonchev–Trinajstić information content (AvgIpc) is 2.99. The third kappa shape index (κ3) is 4.96. The fourth-order valence-corrected chi connectivity index (χ4v) is 2.48. The number of aliphatic hydroxyl groups is 1. The second-order valence-electron chi connectivity index (χ2n) is 5.48. The summed E-state index contributed by atoms with van der Waals surface area (Å²) in [6, 6.07) is 10.0. The van der Waals surface area contributed by atoms with Crippen LogP contribution in [0, 0.1) is 11.3 Å². The molecule has 2 unspecified atom stereocenters. The number of likely N-dealkylation sites (tertiary alicyclic amines) is 1. The molecular weight excluding hydrogens is 312 g/mol. The summed E-state index contributed by atoms with van der Waals surface area (Å²) in [7, 11) is 0. The smallest absolute Gasteiger partial charge is 0.328 e. The van der Waals surface area contributed by atoms with E-state index in [1.54, 1.807) is 24.3 Å². The first-order valence-corrected chi connectivity index (χ1v) is 7.80. The van der Waals surface area contributed by atoms with Crippen LogP contribution in [0.3, 0.4) is 0 Å². The molecule has 1 aromatic rings. The first kappa shape index (κ1) is 17.8. The molecule has 24 heavy (non-hydrogen) atoms. The van der Waals surface area contributed by atoms with Crippen molar-refractivity contribution in [3.05, 3.63) is 30.3 Å². The van der Waals surface area contributed by atoms with Gasteiger partial charge in [-0.15, -0.1) is 0 Å². The highest BCUT2D eigenvalue weighted by atomic mass is 16.5. The monoisotopic (exact) mass is 332 g/mol. The van der Waals surface area contributed by atoms with Crippen LogP contribution in [-0.2, 0) is 14.3 Å². The Bertz CT molecular complexity index is 599. The maximum atomic E-state index is 12.3. The molecule has 1 amide bonds. The van der Waals surface area contributed by atoms with Gasteiger partial charge in [-0.1, -0.05) is 18.2 Å². The Kier molecular flexibility index (Phi) is 6.58. The number of hydrogen-bond donors (Lipinski definition) is 1. The van der Waals surface area contributed by atoms with E-state index in [1.807, 2.05) is 12.1 Å². The maximum Gasteiger partial charge on any atom is 0.328 e. The Hall–Kier alpha value is -2.59. The van der Waals surface area contributed by atoms with E-state index in [0.717, 1.165) is 0 Å². The van der Waals surface area contributed by atoms with Gasteiger partial charge in [0.25, 0.3) is 5.91 Å². The summed E-state index contributed by atoms with van der Waals surface area (Å²) >= 11 is 0. The van der Waals surface area contributed by atoms with E-state index in [0.29, 0.717) is 18.6 Å². The number of aliphatic hydroxyl groups excluding tert-OH is 1. The molecule has 7 heteroatoms. The van der Waals surface area contributed by atoms with E-state index >= 15 is 0 Å². The molecular formula is C17H20N2O5. The molecule has 0 bridgehead atoms. The van der Waals surface area contributed by atoms with Gasteiger partial charge in [0.2, 0.25) is 0 Å². The van der Waals surface area contributed by atoms with Crippen molar-refractivity contribution in [2.75, 3.05) is 19.8 Å².